The number of hydroxylamine groups is 1. The van der Waals surface area contributed by atoms with Gasteiger partial charge in [-0.05, 0) is 43.5 Å². The van der Waals surface area contributed by atoms with E-state index in [9.17, 15) is 13.2 Å². The van der Waals surface area contributed by atoms with E-state index in [2.05, 4.69) is 14.6 Å². The lowest BCUT2D eigenvalue weighted by Crippen LogP contribution is -2.44. The molecule has 1 unspecified atom stereocenters. The second-order valence-corrected chi connectivity index (χ2v) is 10.8. The summed E-state index contributed by atoms with van der Waals surface area (Å²) in [5, 5.41) is 9.61. The van der Waals surface area contributed by atoms with Crippen LogP contribution in [0.15, 0.2) is 45.8 Å². The zero-order chi connectivity index (χ0) is 23.9. The predicted molar refractivity (Wildman–Crippen MR) is 125 cm³/mol. The molecule has 2 aliphatic heterocycles. The van der Waals surface area contributed by atoms with Gasteiger partial charge in [0.15, 0.2) is 11.6 Å². The molecule has 2 aliphatic rings. The van der Waals surface area contributed by atoms with Crippen LogP contribution in [0.5, 0.6) is 0 Å². The van der Waals surface area contributed by atoms with Crippen LogP contribution in [0.2, 0.25) is 5.02 Å². The van der Waals surface area contributed by atoms with Crippen LogP contribution in [-0.4, -0.2) is 50.8 Å². The normalized spacial score (nSPS) is 20.7. The van der Waals surface area contributed by atoms with E-state index in [4.69, 9.17) is 26.0 Å². The van der Waals surface area contributed by atoms with Gasteiger partial charge in [-0.25, -0.2) is 18.9 Å². The summed E-state index contributed by atoms with van der Waals surface area (Å²) < 4.78 is 40.2. The van der Waals surface area contributed by atoms with Crippen molar-refractivity contribution in [1.29, 1.82) is 0 Å². The molecule has 0 saturated carbocycles. The van der Waals surface area contributed by atoms with E-state index in [0.29, 0.717) is 22.8 Å². The maximum atomic E-state index is 13.3. The van der Waals surface area contributed by atoms with Crippen LogP contribution in [-0.2, 0) is 14.8 Å². The van der Waals surface area contributed by atoms with Gasteiger partial charge < -0.3 is 14.1 Å². The highest BCUT2D eigenvalue weighted by molar-refractivity contribution is 7.92. The second-order valence-electron chi connectivity index (χ2n) is 8.71. The fourth-order valence-electron chi connectivity index (χ4n) is 4.67. The summed E-state index contributed by atoms with van der Waals surface area (Å²) in [6.07, 6.45) is 4.50. The average molecular weight is 507 g/mol. The molecule has 2 aromatic heterocycles. The van der Waals surface area contributed by atoms with E-state index < -0.39 is 15.9 Å². The van der Waals surface area contributed by atoms with Crippen LogP contribution in [0, 0.1) is 5.41 Å². The molecule has 1 amide bonds. The number of carbonyl (C=O) groups excluding carboxylic acids is 1. The molecule has 0 radical (unpaired) electrons. The van der Waals surface area contributed by atoms with Gasteiger partial charge in [0.05, 0.1) is 22.2 Å². The smallest absolute Gasteiger partial charge is 0.310 e. The van der Waals surface area contributed by atoms with Gasteiger partial charge in [-0.2, -0.15) is 0 Å². The third-order valence-electron chi connectivity index (χ3n) is 6.35. The van der Waals surface area contributed by atoms with Crippen molar-refractivity contribution in [2.75, 3.05) is 35.9 Å². The zero-order valence-electron chi connectivity index (χ0n) is 18.1. The van der Waals surface area contributed by atoms with Crippen molar-refractivity contribution in [3.05, 3.63) is 47.3 Å². The Balaban J connectivity index is 1.45. The van der Waals surface area contributed by atoms with Crippen molar-refractivity contribution >= 4 is 50.0 Å². The number of nitrogens with one attached hydrogen (secondary N) is 2. The Hall–Kier alpha value is -2.86. The van der Waals surface area contributed by atoms with Gasteiger partial charge in [0.25, 0.3) is 10.0 Å². The van der Waals surface area contributed by atoms with E-state index in [1.54, 1.807) is 6.07 Å². The number of sulfonamides is 1. The number of benzene rings is 1. The molecule has 3 N–H and O–H groups in total. The van der Waals surface area contributed by atoms with Crippen molar-refractivity contribution in [3.8, 4) is 0 Å². The van der Waals surface area contributed by atoms with E-state index >= 15 is 0 Å². The first kappa shape index (κ1) is 22.9. The molecular formula is C22H23ClN4O6S. The number of piperidine rings is 1. The SMILES string of the molecule is O=C(NO)c1cc2ccc(S(=O)(=O)Nc3cc(Cl)cnc3N3CCCC4(CCOC4)C3)cc2o1. The summed E-state index contributed by atoms with van der Waals surface area (Å²) in [5.41, 5.74) is 2.01. The van der Waals surface area contributed by atoms with Crippen LogP contribution in [0.3, 0.4) is 0 Å². The molecule has 10 nitrogen and oxygen atoms in total. The number of aromatic nitrogens is 1. The Morgan fingerprint density at radius 3 is 2.85 bits per heavy atom. The molecule has 1 aromatic carbocycles. The lowest BCUT2D eigenvalue weighted by molar-refractivity contribution is 0.0678. The Morgan fingerprint density at radius 1 is 1.24 bits per heavy atom. The summed E-state index contributed by atoms with van der Waals surface area (Å²) in [6.45, 7) is 2.90. The molecule has 4 heterocycles. The number of anilines is 2. The first-order valence-electron chi connectivity index (χ1n) is 10.8. The van der Waals surface area contributed by atoms with Gasteiger partial charge in [0, 0.05) is 42.8 Å². The monoisotopic (exact) mass is 506 g/mol. The Kier molecular flexibility index (Phi) is 5.88. The van der Waals surface area contributed by atoms with E-state index in [0.717, 1.165) is 39.0 Å². The Labute approximate surface area is 200 Å². The molecule has 12 heteroatoms. The number of hydrogen-bond acceptors (Lipinski definition) is 8. The fourth-order valence-corrected chi connectivity index (χ4v) is 5.89. The fraction of sp³-hybridized carbons (Fsp3) is 0.364. The highest BCUT2D eigenvalue weighted by atomic mass is 35.5. The number of fused-ring (bicyclic) bond motifs is 1. The van der Waals surface area contributed by atoms with Crippen molar-refractivity contribution in [2.24, 2.45) is 5.41 Å². The molecule has 34 heavy (non-hydrogen) atoms. The number of furan rings is 1. The van der Waals surface area contributed by atoms with Gasteiger partial charge in [-0.3, -0.25) is 14.7 Å². The van der Waals surface area contributed by atoms with E-state index in [1.807, 2.05) is 0 Å². The first-order chi connectivity index (χ1) is 16.3. The highest BCUT2D eigenvalue weighted by Gasteiger charge is 2.40. The minimum absolute atomic E-state index is 0.0542. The van der Waals surface area contributed by atoms with Crippen molar-refractivity contribution in [1.82, 2.24) is 10.5 Å². The molecule has 3 aromatic rings. The van der Waals surface area contributed by atoms with Gasteiger partial charge in [0.1, 0.15) is 5.58 Å². The quantitative estimate of drug-likeness (QED) is 0.354. The Bertz CT molecular complexity index is 1350. The third-order valence-corrected chi connectivity index (χ3v) is 7.92. The van der Waals surface area contributed by atoms with Crippen LogP contribution >= 0.6 is 11.6 Å². The minimum atomic E-state index is -4.04. The lowest BCUT2D eigenvalue weighted by atomic mass is 9.79. The minimum Gasteiger partial charge on any atom is -0.451 e. The number of halogens is 1. The summed E-state index contributed by atoms with van der Waals surface area (Å²) >= 11 is 6.17. The lowest BCUT2D eigenvalue weighted by Gasteiger charge is -2.40. The Morgan fingerprint density at radius 2 is 2.09 bits per heavy atom. The molecule has 0 aliphatic carbocycles. The third kappa shape index (κ3) is 4.31. The van der Waals surface area contributed by atoms with Crippen LogP contribution in [0.25, 0.3) is 11.0 Å². The number of rotatable bonds is 5. The van der Waals surface area contributed by atoms with Crippen LogP contribution in [0.4, 0.5) is 11.5 Å². The highest BCUT2D eigenvalue weighted by Crippen LogP contribution is 2.41. The van der Waals surface area contributed by atoms with E-state index in [1.165, 1.54) is 35.9 Å². The molecule has 1 atom stereocenters. The average Bonchev–Trinajstić information content (AvgIpc) is 3.45. The molecule has 1 spiro atoms. The van der Waals surface area contributed by atoms with E-state index in [-0.39, 0.29) is 27.3 Å². The molecular weight excluding hydrogens is 484 g/mol. The van der Waals surface area contributed by atoms with Crippen molar-refractivity contribution in [2.45, 2.75) is 24.2 Å². The summed E-state index contributed by atoms with van der Waals surface area (Å²) in [6, 6.07) is 7.19. The molecule has 2 saturated heterocycles. The molecule has 180 valence electrons. The van der Waals surface area contributed by atoms with Crippen molar-refractivity contribution in [3.63, 3.8) is 0 Å². The standard InChI is InChI=1S/C22H23ClN4O6S/c23-15-9-17(20(24-11-15)27-6-1-4-22(12-27)5-7-32-13-22)26-34(30,31)16-3-2-14-8-19(21(28)25-29)33-18(14)10-16/h2-3,8-11,26,29H,1,4-7,12-13H2,(H,25,28). The number of amides is 1. The predicted octanol–water partition coefficient (Wildman–Crippen LogP) is 3.41. The first-order valence-corrected chi connectivity index (χ1v) is 12.6. The molecule has 2 fully saturated rings. The van der Waals surface area contributed by atoms with Crippen molar-refractivity contribution < 1.29 is 27.6 Å². The number of pyridine rings is 1. The van der Waals surface area contributed by atoms with Gasteiger partial charge >= 0.3 is 5.91 Å². The van der Waals surface area contributed by atoms with Gasteiger partial charge in [0.2, 0.25) is 0 Å². The number of nitrogens with zero attached hydrogens (tertiary/aromatic N) is 2. The summed E-state index contributed by atoms with van der Waals surface area (Å²) in [7, 11) is -4.04. The number of carbonyl (C=O) groups is 1. The second kappa shape index (κ2) is 8.73. The maximum absolute atomic E-state index is 13.3. The topological polar surface area (TPSA) is 134 Å². The number of hydrogen-bond donors (Lipinski definition) is 3. The van der Waals surface area contributed by atoms with Crippen LogP contribution in [0.1, 0.15) is 29.8 Å². The molecule has 5 rings (SSSR count). The molecule has 0 bridgehead atoms. The summed E-state index contributed by atoms with van der Waals surface area (Å²) in [4.78, 5) is 18.1. The summed E-state index contributed by atoms with van der Waals surface area (Å²) in [5.74, 6) is -0.462. The maximum Gasteiger partial charge on any atom is 0.310 e. The van der Waals surface area contributed by atoms with Gasteiger partial charge in [-0.1, -0.05) is 11.6 Å². The number of ether oxygens (including phenoxy) is 1. The zero-order valence-corrected chi connectivity index (χ0v) is 19.7. The van der Waals surface area contributed by atoms with Crippen LogP contribution < -0.4 is 15.1 Å². The van der Waals surface area contributed by atoms with Gasteiger partial charge in [-0.15, -0.1) is 0 Å². The largest absolute Gasteiger partial charge is 0.451 e.